The first-order chi connectivity index (χ1) is 20.3. The van der Waals surface area contributed by atoms with Crippen molar-refractivity contribution in [3.63, 3.8) is 0 Å². The van der Waals surface area contributed by atoms with Crippen LogP contribution in [0.3, 0.4) is 0 Å². The Kier molecular flexibility index (Phi) is 12.1. The summed E-state index contributed by atoms with van der Waals surface area (Å²) in [5.41, 5.74) is -4.19. The third kappa shape index (κ3) is 10.6. The second-order valence-electron chi connectivity index (χ2n) is 10.7. The Bertz CT molecular complexity index is 1480. The number of hydrogen-bond acceptors (Lipinski definition) is 5. The van der Waals surface area contributed by atoms with Gasteiger partial charge in [0.1, 0.15) is 0 Å². The molecule has 1 aliphatic heterocycles. The number of benzene rings is 2. The molecule has 0 radical (unpaired) electrons. The van der Waals surface area contributed by atoms with E-state index in [1.54, 1.807) is 6.07 Å². The van der Waals surface area contributed by atoms with E-state index in [2.05, 4.69) is 5.32 Å². The van der Waals surface area contributed by atoms with Gasteiger partial charge in [-0.25, -0.2) is 0 Å². The van der Waals surface area contributed by atoms with Gasteiger partial charge in [-0.05, 0) is 67.0 Å². The maximum atomic E-state index is 13.5. The summed E-state index contributed by atoms with van der Waals surface area (Å²) in [6, 6.07) is 4.29. The number of carbonyl (C=O) groups excluding carboxylic acids is 1. The van der Waals surface area contributed by atoms with E-state index in [-0.39, 0.29) is 43.2 Å². The normalized spacial score (nSPS) is 20.6. The van der Waals surface area contributed by atoms with Crippen LogP contribution in [0, 0.1) is 0 Å². The van der Waals surface area contributed by atoms with Crippen molar-refractivity contribution in [1.29, 1.82) is 0 Å². The molecule has 0 spiro atoms. The van der Waals surface area contributed by atoms with Crippen LogP contribution in [0.4, 0.5) is 26.3 Å². The van der Waals surface area contributed by atoms with Crippen LogP contribution in [0.5, 0.6) is 0 Å². The lowest BCUT2D eigenvalue weighted by molar-refractivity contribution is -0.143. The van der Waals surface area contributed by atoms with E-state index in [4.69, 9.17) is 73.8 Å². The molecule has 0 amide bonds. The van der Waals surface area contributed by atoms with Gasteiger partial charge < -0.3 is 5.32 Å². The molecule has 2 aromatic carbocycles. The molecule has 252 valence electrons. The number of Topliss-reactive ketones (excluding diaryl/α,β-unsaturated/α-hetero) is 1. The smallest absolute Gasteiger partial charge is 0.307 e. The lowest BCUT2D eigenvalue weighted by Crippen LogP contribution is -2.42. The van der Waals surface area contributed by atoms with Crippen molar-refractivity contribution in [2.24, 2.45) is 0 Å². The number of ketones is 1. The number of alkyl halides is 12. The second-order valence-corrected chi connectivity index (χ2v) is 16.9. The van der Waals surface area contributed by atoms with Gasteiger partial charge in [0.2, 0.25) is 7.59 Å². The van der Waals surface area contributed by atoms with Crippen molar-refractivity contribution in [2.45, 2.75) is 63.5 Å². The molecule has 2 atom stereocenters. The van der Waals surface area contributed by atoms with Crippen molar-refractivity contribution in [2.75, 3.05) is 19.4 Å². The highest BCUT2D eigenvalue weighted by molar-refractivity contribution is 7.85. The van der Waals surface area contributed by atoms with Crippen molar-refractivity contribution >= 4 is 85.5 Å². The molecule has 2 aromatic rings. The maximum absolute atomic E-state index is 13.5. The minimum atomic E-state index is -5.09. The van der Waals surface area contributed by atoms with Crippen LogP contribution >= 0.6 is 69.6 Å². The summed E-state index contributed by atoms with van der Waals surface area (Å²) < 4.78 is 105. The van der Waals surface area contributed by atoms with Gasteiger partial charge in [-0.3, -0.25) is 8.98 Å². The van der Waals surface area contributed by atoms with Crippen molar-refractivity contribution in [3.8, 4) is 0 Å². The molecule has 1 aliphatic rings. The molecule has 0 aliphatic carbocycles. The van der Waals surface area contributed by atoms with E-state index in [1.807, 2.05) is 0 Å². The Morgan fingerprint density at radius 1 is 0.911 bits per heavy atom. The molecule has 1 saturated heterocycles. The third-order valence-corrected chi connectivity index (χ3v) is 9.17. The van der Waals surface area contributed by atoms with Crippen LogP contribution in [-0.2, 0) is 50.9 Å². The average Bonchev–Trinajstić information content (AvgIpc) is 3.09. The lowest BCUT2D eigenvalue weighted by Gasteiger charge is -2.36. The van der Waals surface area contributed by atoms with Gasteiger partial charge in [-0.15, -0.1) is 0 Å². The van der Waals surface area contributed by atoms with Crippen LogP contribution in [0.25, 0.3) is 0 Å². The summed E-state index contributed by atoms with van der Waals surface area (Å²) in [5, 5.41) is 3.01. The quantitative estimate of drug-likeness (QED) is 0.165. The summed E-state index contributed by atoms with van der Waals surface area (Å²) in [4.78, 5) is 13.5. The molecule has 0 saturated carbocycles. The van der Waals surface area contributed by atoms with E-state index in [9.17, 15) is 39.6 Å². The van der Waals surface area contributed by atoms with Gasteiger partial charge in [-0.2, -0.15) is 34.8 Å². The first kappa shape index (κ1) is 38.7. The monoisotopic (exact) mass is 783 g/mol. The number of halogens is 12. The summed E-state index contributed by atoms with van der Waals surface area (Å²) >= 11 is 36.9. The van der Waals surface area contributed by atoms with Crippen LogP contribution in [0.1, 0.15) is 59.1 Å². The minimum absolute atomic E-state index is 0.000275. The number of rotatable bonds is 8. The molecule has 1 fully saturated rings. The number of carbonyl (C=O) groups is 1. The molecule has 45 heavy (non-hydrogen) atoms. The SMILES string of the molecule is CS(=O)(=O)OCCC1(c2ccc(C(Cl)(Cl)Cl)c(C(Cl)(Cl)Cl)c2)CCCNC(C(=O)Cc2cc(C(F)(F)F)cc(C(F)(F)F)c2)C1. The number of hydrogen-bond donors (Lipinski definition) is 1. The van der Waals surface area contributed by atoms with Gasteiger partial charge in [0.25, 0.3) is 10.1 Å². The average molecular weight is 786 g/mol. The van der Waals surface area contributed by atoms with Crippen LogP contribution < -0.4 is 5.32 Å². The predicted molar refractivity (Wildman–Crippen MR) is 163 cm³/mol. The number of nitrogens with one attached hydrogen (secondary N) is 1. The molecule has 0 bridgehead atoms. The van der Waals surface area contributed by atoms with E-state index in [0.717, 1.165) is 6.26 Å². The third-order valence-electron chi connectivity index (χ3n) is 7.35. The molecule has 1 heterocycles. The van der Waals surface area contributed by atoms with Gasteiger partial charge in [0.15, 0.2) is 5.78 Å². The van der Waals surface area contributed by atoms with E-state index < -0.39 is 70.4 Å². The Morgan fingerprint density at radius 2 is 1.47 bits per heavy atom. The van der Waals surface area contributed by atoms with Crippen LogP contribution in [-0.4, -0.2) is 39.7 Å². The highest BCUT2D eigenvalue weighted by atomic mass is 35.6. The first-order valence-electron chi connectivity index (χ1n) is 13.0. The molecule has 3 rings (SSSR count). The van der Waals surface area contributed by atoms with E-state index in [1.165, 1.54) is 12.1 Å². The first-order valence-corrected chi connectivity index (χ1v) is 17.1. The Balaban J connectivity index is 2.08. The second kappa shape index (κ2) is 14.0. The maximum Gasteiger partial charge on any atom is 0.416 e. The van der Waals surface area contributed by atoms with Crippen LogP contribution in [0.2, 0.25) is 0 Å². The zero-order valence-electron chi connectivity index (χ0n) is 23.1. The fourth-order valence-electron chi connectivity index (χ4n) is 5.32. The standard InChI is InChI=1S/C27H25Cl6F6NO4S/c1-45(42,43)44-8-6-23(16-3-4-19(24(28,29)30)20(13-16)25(31,32)33)5-2-7-40-21(14-23)22(41)11-15-9-17(26(34,35)36)12-18(10-15)27(37,38)39/h3-4,9-10,12-13,21,40H,2,5-8,11,14H2,1H3. The minimum Gasteiger partial charge on any atom is -0.307 e. The Labute approximate surface area is 285 Å². The van der Waals surface area contributed by atoms with Gasteiger partial charge in [0.05, 0.1) is 30.0 Å². The van der Waals surface area contributed by atoms with Gasteiger partial charge >= 0.3 is 12.4 Å². The molecular weight excluding hydrogens is 761 g/mol. The van der Waals surface area contributed by atoms with E-state index in [0.29, 0.717) is 30.5 Å². The molecular formula is C27H25Cl6F6NO4S. The van der Waals surface area contributed by atoms with Gasteiger partial charge in [-0.1, -0.05) is 87.8 Å². The Hall–Kier alpha value is -0.700. The summed E-state index contributed by atoms with van der Waals surface area (Å²) in [6.45, 7) is -0.0946. The fraction of sp³-hybridized carbons (Fsp3) is 0.519. The zero-order valence-corrected chi connectivity index (χ0v) is 28.4. The zero-order chi connectivity index (χ0) is 34.2. The van der Waals surface area contributed by atoms with Crippen molar-refractivity contribution in [3.05, 3.63) is 69.8 Å². The summed E-state index contributed by atoms with van der Waals surface area (Å²) in [6.07, 6.45) is -9.42. The highest BCUT2D eigenvalue weighted by Crippen LogP contribution is 2.50. The molecule has 2 unspecified atom stereocenters. The molecule has 0 aromatic heterocycles. The predicted octanol–water partition coefficient (Wildman–Crippen LogP) is 8.94. The lowest BCUT2D eigenvalue weighted by atomic mass is 9.69. The Morgan fingerprint density at radius 3 is 1.96 bits per heavy atom. The summed E-state index contributed by atoms with van der Waals surface area (Å²) in [5.74, 6) is -0.697. The molecule has 18 heteroatoms. The molecule has 5 nitrogen and oxygen atoms in total. The van der Waals surface area contributed by atoms with Crippen molar-refractivity contribution < 1.29 is 43.7 Å². The van der Waals surface area contributed by atoms with Crippen LogP contribution in [0.15, 0.2) is 36.4 Å². The topological polar surface area (TPSA) is 72.5 Å². The van der Waals surface area contributed by atoms with Gasteiger partial charge in [0, 0.05) is 17.5 Å². The largest absolute Gasteiger partial charge is 0.416 e. The van der Waals surface area contributed by atoms with E-state index >= 15 is 0 Å². The highest BCUT2D eigenvalue weighted by Gasteiger charge is 2.42. The summed E-state index contributed by atoms with van der Waals surface area (Å²) in [7, 11) is -3.89. The van der Waals surface area contributed by atoms with Crippen molar-refractivity contribution in [1.82, 2.24) is 5.32 Å². The fourth-order valence-corrected chi connectivity index (χ4v) is 6.67. The molecule has 1 N–H and O–H groups in total.